The quantitative estimate of drug-likeness (QED) is 0.458. The molecular formula is C6H7ClN2S2. The molecule has 0 aliphatic heterocycles. The lowest BCUT2D eigenvalue weighted by Crippen LogP contribution is -2.09. The van der Waals surface area contributed by atoms with Gasteiger partial charge < -0.3 is 5.73 Å². The van der Waals surface area contributed by atoms with Gasteiger partial charge in [0.25, 0.3) is 0 Å². The van der Waals surface area contributed by atoms with Gasteiger partial charge in [-0.05, 0) is 18.4 Å². The van der Waals surface area contributed by atoms with Crippen molar-refractivity contribution in [3.05, 3.63) is 17.0 Å². The Morgan fingerprint density at radius 1 is 1.73 bits per heavy atom. The molecule has 0 radical (unpaired) electrons. The first-order valence-electron chi connectivity index (χ1n) is 2.86. The summed E-state index contributed by atoms with van der Waals surface area (Å²) in [5, 5.41) is 0. The minimum atomic E-state index is 0.386. The lowest BCUT2D eigenvalue weighted by Gasteiger charge is -1.89. The van der Waals surface area contributed by atoms with Gasteiger partial charge in [0.1, 0.15) is 0 Å². The van der Waals surface area contributed by atoms with Crippen LogP contribution in [0, 0.1) is 0 Å². The van der Waals surface area contributed by atoms with Gasteiger partial charge in [0.2, 0.25) is 0 Å². The summed E-state index contributed by atoms with van der Waals surface area (Å²) < 4.78 is 4.59. The van der Waals surface area contributed by atoms with E-state index in [1.165, 1.54) is 4.21 Å². The molecule has 11 heavy (non-hydrogen) atoms. The normalized spacial score (nSPS) is 12.0. The largest absolute Gasteiger partial charge is 0.382 e. The van der Waals surface area contributed by atoms with Crippen molar-refractivity contribution < 1.29 is 0 Å². The van der Waals surface area contributed by atoms with Gasteiger partial charge >= 0.3 is 0 Å². The topological polar surface area (TPSA) is 38.4 Å². The second kappa shape index (κ2) is 3.99. The number of hydrogen-bond acceptors (Lipinski definition) is 3. The van der Waals surface area contributed by atoms with Gasteiger partial charge in [-0.3, -0.25) is 0 Å². The predicted molar refractivity (Wildman–Crippen MR) is 52.7 cm³/mol. The van der Waals surface area contributed by atoms with Crippen molar-refractivity contribution >= 4 is 40.7 Å². The van der Waals surface area contributed by atoms with E-state index in [4.69, 9.17) is 17.5 Å². The molecule has 60 valence electrons. The molecule has 0 aromatic carbocycles. The molecule has 0 amide bonds. The third-order valence-corrected chi connectivity index (χ3v) is 3.50. The van der Waals surface area contributed by atoms with E-state index in [1.807, 2.05) is 18.4 Å². The predicted octanol–water partition coefficient (Wildman–Crippen LogP) is 2.33. The van der Waals surface area contributed by atoms with Crippen LogP contribution in [0.1, 0.15) is 4.88 Å². The molecule has 0 aliphatic rings. The van der Waals surface area contributed by atoms with Crippen molar-refractivity contribution in [1.82, 2.24) is 0 Å². The van der Waals surface area contributed by atoms with E-state index in [-0.39, 0.29) is 0 Å². The van der Waals surface area contributed by atoms with Gasteiger partial charge in [0.15, 0.2) is 5.84 Å². The van der Waals surface area contributed by atoms with Crippen LogP contribution in [0.4, 0.5) is 0 Å². The molecular weight excluding hydrogens is 200 g/mol. The zero-order valence-corrected chi connectivity index (χ0v) is 8.26. The van der Waals surface area contributed by atoms with Crippen molar-refractivity contribution in [2.45, 2.75) is 4.21 Å². The zero-order valence-electron chi connectivity index (χ0n) is 5.87. The van der Waals surface area contributed by atoms with Gasteiger partial charge in [0, 0.05) is 11.8 Å². The Morgan fingerprint density at radius 2 is 2.45 bits per heavy atom. The molecule has 0 aliphatic carbocycles. The standard InChI is InChI=1S/C6H7ClN2S2/c1-10-5-3-2-4(11-5)6(8)9-7/h2-3H,1H3,(H2,8,9). The molecule has 2 nitrogen and oxygen atoms in total. The van der Waals surface area contributed by atoms with E-state index in [1.54, 1.807) is 23.1 Å². The van der Waals surface area contributed by atoms with Crippen LogP contribution in [0.3, 0.4) is 0 Å². The fourth-order valence-corrected chi connectivity index (χ4v) is 2.20. The van der Waals surface area contributed by atoms with Crippen LogP contribution in [-0.4, -0.2) is 12.1 Å². The Morgan fingerprint density at radius 3 is 2.91 bits per heavy atom. The summed E-state index contributed by atoms with van der Waals surface area (Å²) in [6.07, 6.45) is 2.02. The molecule has 0 saturated carbocycles. The Hall–Kier alpha value is -0.190. The van der Waals surface area contributed by atoms with Crippen molar-refractivity contribution in [2.75, 3.05) is 6.26 Å². The summed E-state index contributed by atoms with van der Waals surface area (Å²) in [7, 11) is 0. The van der Waals surface area contributed by atoms with Gasteiger partial charge in [-0.25, -0.2) is 0 Å². The second-order valence-corrected chi connectivity index (χ2v) is 4.15. The van der Waals surface area contributed by atoms with Gasteiger partial charge in [-0.15, -0.1) is 23.1 Å². The lowest BCUT2D eigenvalue weighted by atomic mass is 10.4. The van der Waals surface area contributed by atoms with E-state index < -0.39 is 0 Å². The average molecular weight is 207 g/mol. The number of thioether (sulfide) groups is 1. The molecule has 1 rings (SSSR count). The summed E-state index contributed by atoms with van der Waals surface area (Å²) in [6, 6.07) is 3.91. The maximum atomic E-state index is 5.48. The number of halogens is 1. The first-order valence-corrected chi connectivity index (χ1v) is 5.24. The summed E-state index contributed by atoms with van der Waals surface area (Å²) in [5.74, 6) is 0.386. The molecule has 0 bridgehead atoms. The number of rotatable bonds is 2. The number of nitrogens with two attached hydrogens (primary N) is 1. The molecule has 1 aromatic rings. The molecule has 1 aromatic heterocycles. The van der Waals surface area contributed by atoms with Gasteiger partial charge in [-0.1, -0.05) is 0 Å². The number of amidine groups is 1. The van der Waals surface area contributed by atoms with Gasteiger partial charge in [-0.2, -0.15) is 4.51 Å². The third kappa shape index (κ3) is 2.12. The summed E-state index contributed by atoms with van der Waals surface area (Å²) >= 11 is 8.47. The van der Waals surface area contributed by atoms with Crippen molar-refractivity contribution in [3.8, 4) is 0 Å². The maximum Gasteiger partial charge on any atom is 0.155 e. The molecule has 0 saturated heterocycles. The van der Waals surface area contributed by atoms with Crippen molar-refractivity contribution in [2.24, 2.45) is 10.2 Å². The van der Waals surface area contributed by atoms with E-state index in [2.05, 4.69) is 4.51 Å². The minimum Gasteiger partial charge on any atom is -0.382 e. The Balaban J connectivity index is 2.89. The summed E-state index contributed by atoms with van der Waals surface area (Å²) in [5.41, 5.74) is 5.48. The molecule has 0 atom stereocenters. The number of thiophene rings is 1. The van der Waals surface area contributed by atoms with Crippen LogP contribution in [-0.2, 0) is 0 Å². The Kier molecular flexibility index (Phi) is 3.23. The second-order valence-electron chi connectivity index (χ2n) is 1.79. The summed E-state index contributed by atoms with van der Waals surface area (Å²) in [6.45, 7) is 0. The maximum absolute atomic E-state index is 5.48. The minimum absolute atomic E-state index is 0.386. The van der Waals surface area contributed by atoms with Crippen LogP contribution >= 0.6 is 34.9 Å². The average Bonchev–Trinajstić information content (AvgIpc) is 2.50. The molecule has 0 spiro atoms. The Bertz CT molecular complexity index is 269. The number of hydrogen-bond donors (Lipinski definition) is 1. The van der Waals surface area contributed by atoms with E-state index in [0.29, 0.717) is 5.84 Å². The molecule has 1 heterocycles. The monoisotopic (exact) mass is 206 g/mol. The highest BCUT2D eigenvalue weighted by Gasteiger charge is 2.01. The van der Waals surface area contributed by atoms with E-state index >= 15 is 0 Å². The highest BCUT2D eigenvalue weighted by Crippen LogP contribution is 2.24. The van der Waals surface area contributed by atoms with Crippen molar-refractivity contribution in [3.63, 3.8) is 0 Å². The van der Waals surface area contributed by atoms with Gasteiger partial charge in [0.05, 0.1) is 9.09 Å². The van der Waals surface area contributed by atoms with E-state index in [0.717, 1.165) is 4.88 Å². The highest BCUT2D eigenvalue weighted by molar-refractivity contribution is 8.00. The SMILES string of the molecule is CSc1ccc(/C(N)=N/Cl)s1. The first kappa shape index (κ1) is 8.90. The third-order valence-electron chi connectivity index (χ3n) is 1.13. The smallest absolute Gasteiger partial charge is 0.155 e. The first-order chi connectivity index (χ1) is 5.27. The highest BCUT2D eigenvalue weighted by atomic mass is 35.5. The van der Waals surface area contributed by atoms with Crippen LogP contribution < -0.4 is 5.73 Å². The fourth-order valence-electron chi connectivity index (χ4n) is 0.609. The van der Waals surface area contributed by atoms with Crippen LogP contribution in [0.5, 0.6) is 0 Å². The van der Waals surface area contributed by atoms with Crippen LogP contribution in [0.15, 0.2) is 20.9 Å². The molecule has 0 fully saturated rings. The molecule has 0 unspecified atom stereocenters. The zero-order chi connectivity index (χ0) is 8.27. The molecule has 2 N–H and O–H groups in total. The number of nitrogens with zero attached hydrogens (tertiary/aromatic N) is 1. The van der Waals surface area contributed by atoms with Crippen LogP contribution in [0.25, 0.3) is 0 Å². The summed E-state index contributed by atoms with van der Waals surface area (Å²) in [4.78, 5) is 0.921. The van der Waals surface area contributed by atoms with E-state index in [9.17, 15) is 0 Å². The fraction of sp³-hybridized carbons (Fsp3) is 0.167. The lowest BCUT2D eigenvalue weighted by molar-refractivity contribution is 1.64. The Labute approximate surface area is 78.6 Å². The van der Waals surface area contributed by atoms with Crippen LogP contribution in [0.2, 0.25) is 0 Å². The molecule has 5 heteroatoms. The van der Waals surface area contributed by atoms with Crippen molar-refractivity contribution in [1.29, 1.82) is 0 Å².